The molecule has 2 N–H and O–H groups in total. The van der Waals surface area contributed by atoms with Crippen LogP contribution in [0.1, 0.15) is 58.1 Å². The van der Waals surface area contributed by atoms with E-state index in [1.807, 2.05) is 32.1 Å². The zero-order valence-corrected chi connectivity index (χ0v) is 32.5. The second-order valence-electron chi connectivity index (χ2n) is 13.5. The summed E-state index contributed by atoms with van der Waals surface area (Å²) >= 11 is 10.9. The van der Waals surface area contributed by atoms with Gasteiger partial charge in [0, 0.05) is 40.0 Å². The van der Waals surface area contributed by atoms with Crippen molar-refractivity contribution in [3.05, 3.63) is 52.1 Å². The molecule has 3 heterocycles. The Labute approximate surface area is 311 Å². The number of alkyl carbamates (subject to hydrolysis) is 1. The maximum atomic E-state index is 14.0. The molecule has 12 nitrogen and oxygen atoms in total. The van der Waals surface area contributed by atoms with Crippen LogP contribution in [0, 0.1) is 12.8 Å². The van der Waals surface area contributed by atoms with Crippen LogP contribution in [0.4, 0.5) is 10.5 Å². The number of likely N-dealkylation sites (N-methyl/N-ethyl adjacent to an activating group) is 1. The number of fused-ring (bicyclic) bond motifs is 5. The topological polar surface area (TPSA) is 147 Å². The number of rotatable bonds is 6. The fraction of sp³-hybridized carbons (Fsp3) is 0.600. The van der Waals surface area contributed by atoms with E-state index < -0.39 is 59.8 Å². The van der Waals surface area contributed by atoms with Gasteiger partial charge in [0.1, 0.15) is 30.0 Å². The van der Waals surface area contributed by atoms with Crippen molar-refractivity contribution >= 4 is 67.3 Å². The SMILES string of the molecule is CO[C@@H]1/C=C/C=C(\C)Cc2cc(C)c(Cl)c(c2)N(C)C(=O)C[C@H](OC(=O)[C@H](C)N(C)C(=O)CCS)[C@]2(C)O[C@H]2[C@H](C)[C@@H]2C[C@@]1(O)NC(=O)O2.S. The minimum atomic E-state index is -1.80. The molecule has 0 spiro atoms. The summed E-state index contributed by atoms with van der Waals surface area (Å²) in [6.45, 7) is 8.89. The number of nitrogens with zero attached hydrogens (tertiary/aromatic N) is 2. The van der Waals surface area contributed by atoms with Crippen molar-refractivity contribution in [3.63, 3.8) is 0 Å². The second-order valence-corrected chi connectivity index (χ2v) is 14.3. The molecule has 1 aromatic carbocycles. The van der Waals surface area contributed by atoms with E-state index in [1.54, 1.807) is 40.0 Å². The molecule has 50 heavy (non-hydrogen) atoms. The minimum absolute atomic E-state index is 0. The summed E-state index contributed by atoms with van der Waals surface area (Å²) in [6.07, 6.45) is 1.39. The fourth-order valence-corrected chi connectivity index (χ4v) is 6.95. The number of benzene rings is 1. The van der Waals surface area contributed by atoms with Crippen molar-refractivity contribution in [2.24, 2.45) is 5.92 Å². The number of carbonyl (C=O) groups excluding carboxylic acids is 4. The largest absolute Gasteiger partial charge is 0.457 e. The van der Waals surface area contributed by atoms with Crippen molar-refractivity contribution in [1.82, 2.24) is 10.2 Å². The second kappa shape index (κ2) is 16.7. The highest BCUT2D eigenvalue weighted by atomic mass is 35.5. The van der Waals surface area contributed by atoms with Gasteiger partial charge < -0.3 is 33.9 Å². The Bertz CT molecular complexity index is 1530. The summed E-state index contributed by atoms with van der Waals surface area (Å²) in [4.78, 5) is 55.6. The fourth-order valence-electron chi connectivity index (χ4n) is 6.53. The molecule has 278 valence electrons. The molecule has 4 rings (SSSR count). The van der Waals surface area contributed by atoms with Crippen LogP contribution >= 0.6 is 37.7 Å². The standard InChI is InChI=1S/C35H48ClN3O9S.H2S/c1-19-10-9-11-26(45-8)35(44)18-25(46-33(43)37-35)21(3)31-34(5,48-31)27(47-32(42)22(4)38(6)28(40)12-13-49)17-29(41)39(7)24-16-23(14-19)15-20(2)30(24)36;/h9-11,15-16,21-22,25-27,31,44,49H,12-14,17-18H2,1-8H3,(H,37,43);1H2/b11-9+,19-10+;/t21-,22+,25+,26-,27+,31+,34+,35+;/m1./s1. The Hall–Kier alpha value is -2.75. The summed E-state index contributed by atoms with van der Waals surface area (Å²) in [6, 6.07) is 2.85. The Morgan fingerprint density at radius 3 is 2.60 bits per heavy atom. The highest BCUT2D eigenvalue weighted by Gasteiger charge is 2.64. The number of aryl methyl sites for hydroxylation is 1. The third kappa shape index (κ3) is 8.99. The third-order valence-corrected chi connectivity index (χ3v) is 10.6. The van der Waals surface area contributed by atoms with Crippen molar-refractivity contribution in [2.45, 2.75) is 102 Å². The molecule has 3 amide bonds. The van der Waals surface area contributed by atoms with Gasteiger partial charge in [-0.1, -0.05) is 48.4 Å². The van der Waals surface area contributed by atoms with Gasteiger partial charge in [0.25, 0.3) is 0 Å². The van der Waals surface area contributed by atoms with Gasteiger partial charge in [0.2, 0.25) is 11.8 Å². The van der Waals surface area contributed by atoms with E-state index in [1.165, 1.54) is 24.0 Å². The predicted octanol–water partition coefficient (Wildman–Crippen LogP) is 4.25. The summed E-state index contributed by atoms with van der Waals surface area (Å²) < 4.78 is 23.5. The van der Waals surface area contributed by atoms with Crippen molar-refractivity contribution < 1.29 is 43.2 Å². The minimum Gasteiger partial charge on any atom is -0.457 e. The van der Waals surface area contributed by atoms with Crippen LogP contribution in [0.15, 0.2) is 35.9 Å². The smallest absolute Gasteiger partial charge is 0.409 e. The molecule has 0 radical (unpaired) electrons. The van der Waals surface area contributed by atoms with Crippen LogP contribution in [0.25, 0.3) is 0 Å². The predicted molar refractivity (Wildman–Crippen MR) is 198 cm³/mol. The number of amides is 3. The molecule has 1 aromatic rings. The first-order valence-corrected chi connectivity index (χ1v) is 17.3. The Balaban J connectivity index is 0.00000676. The monoisotopic (exact) mass is 755 g/mol. The van der Waals surface area contributed by atoms with Crippen LogP contribution in [-0.2, 0) is 39.8 Å². The number of hydrogen-bond acceptors (Lipinski definition) is 10. The molecule has 0 saturated carbocycles. The summed E-state index contributed by atoms with van der Waals surface area (Å²) in [5.41, 5.74) is 0.185. The Morgan fingerprint density at radius 2 is 1.96 bits per heavy atom. The highest BCUT2D eigenvalue weighted by molar-refractivity contribution is 7.80. The van der Waals surface area contributed by atoms with Crippen LogP contribution < -0.4 is 10.2 Å². The maximum Gasteiger partial charge on any atom is 0.409 e. The summed E-state index contributed by atoms with van der Waals surface area (Å²) in [7, 11) is 4.56. The zero-order valence-electron chi connectivity index (χ0n) is 29.8. The first-order chi connectivity index (χ1) is 22.9. The molecule has 15 heteroatoms. The van der Waals surface area contributed by atoms with E-state index in [-0.39, 0.29) is 44.6 Å². The summed E-state index contributed by atoms with van der Waals surface area (Å²) in [5.74, 6) is -1.57. The molecule has 4 bridgehead atoms. The number of hydrogen-bond donors (Lipinski definition) is 3. The van der Waals surface area contributed by atoms with Gasteiger partial charge in [0.05, 0.1) is 23.2 Å². The Kier molecular flexibility index (Phi) is 13.9. The average Bonchev–Trinajstić information content (AvgIpc) is 3.74. The van der Waals surface area contributed by atoms with Gasteiger partial charge in [-0.2, -0.15) is 26.1 Å². The van der Waals surface area contributed by atoms with E-state index in [9.17, 15) is 24.3 Å². The molecule has 0 unspecified atom stereocenters. The number of aliphatic hydroxyl groups is 1. The number of halogens is 1. The van der Waals surface area contributed by atoms with Gasteiger partial charge in [-0.25, -0.2) is 9.59 Å². The van der Waals surface area contributed by atoms with Crippen LogP contribution in [0.5, 0.6) is 0 Å². The molecule has 8 atom stereocenters. The molecule has 3 aliphatic heterocycles. The van der Waals surface area contributed by atoms with Gasteiger partial charge >= 0.3 is 12.1 Å². The van der Waals surface area contributed by atoms with E-state index in [0.717, 1.165) is 16.7 Å². The normalized spacial score (nSPS) is 32.2. The lowest BCUT2D eigenvalue weighted by Crippen LogP contribution is -2.63. The van der Waals surface area contributed by atoms with E-state index in [0.29, 0.717) is 22.9 Å². The number of methoxy groups -OCH3 is 1. The number of carbonyl (C=O) groups is 4. The first kappa shape index (κ1) is 41.7. The van der Waals surface area contributed by atoms with Gasteiger partial charge in [-0.05, 0) is 57.1 Å². The quantitative estimate of drug-likeness (QED) is 0.220. The van der Waals surface area contributed by atoms with E-state index in [2.05, 4.69) is 17.9 Å². The van der Waals surface area contributed by atoms with Crippen molar-refractivity contribution in [2.75, 3.05) is 31.9 Å². The number of anilines is 1. The highest BCUT2D eigenvalue weighted by Crippen LogP contribution is 2.49. The molecule has 2 saturated heterocycles. The zero-order chi connectivity index (χ0) is 36.4. The molecular weight excluding hydrogens is 706 g/mol. The number of allylic oxidation sites excluding steroid dienone is 3. The third-order valence-electron chi connectivity index (χ3n) is 9.85. The van der Waals surface area contributed by atoms with Gasteiger partial charge in [-0.3, -0.25) is 14.9 Å². The molecule has 0 aliphatic carbocycles. The lowest BCUT2D eigenvalue weighted by molar-refractivity contribution is -0.161. The molecule has 2 fully saturated rings. The summed E-state index contributed by atoms with van der Waals surface area (Å²) in [5, 5.41) is 14.6. The average molecular weight is 756 g/mol. The number of thiol groups is 1. The van der Waals surface area contributed by atoms with Gasteiger partial charge in [-0.15, -0.1) is 0 Å². The Morgan fingerprint density at radius 1 is 1.28 bits per heavy atom. The van der Waals surface area contributed by atoms with Crippen LogP contribution in [0.2, 0.25) is 5.02 Å². The van der Waals surface area contributed by atoms with Crippen LogP contribution in [0.3, 0.4) is 0 Å². The first-order valence-electron chi connectivity index (χ1n) is 16.3. The van der Waals surface area contributed by atoms with Crippen molar-refractivity contribution in [3.8, 4) is 0 Å². The van der Waals surface area contributed by atoms with Gasteiger partial charge in [0.15, 0.2) is 5.72 Å². The molecule has 0 aromatic heterocycles. The molecular formula is C35H50ClN3O9S2. The lowest BCUT2D eigenvalue weighted by Gasteiger charge is -2.42. The molecule has 3 aliphatic rings. The van der Waals surface area contributed by atoms with Crippen LogP contribution in [-0.4, -0.2) is 103 Å². The van der Waals surface area contributed by atoms with Crippen molar-refractivity contribution in [1.29, 1.82) is 0 Å². The maximum absolute atomic E-state index is 14.0. The number of epoxide rings is 1. The number of ether oxygens (including phenoxy) is 4. The number of nitrogens with one attached hydrogen (secondary N) is 1. The van der Waals surface area contributed by atoms with E-state index in [4.69, 9.17) is 30.5 Å². The van der Waals surface area contributed by atoms with E-state index >= 15 is 0 Å². The lowest BCUT2D eigenvalue weighted by atomic mass is 9.83. The number of esters is 1.